The average molecular weight is 290 g/mol. The molecule has 2 heterocycles. The third-order valence-corrected chi connectivity index (χ3v) is 3.82. The first-order valence-electron chi connectivity index (χ1n) is 7.70. The van der Waals surface area contributed by atoms with E-state index in [2.05, 4.69) is 43.6 Å². The molecule has 0 atom stereocenters. The maximum atomic E-state index is 4.33. The zero-order valence-electron chi connectivity index (χ0n) is 13.2. The highest BCUT2D eigenvalue weighted by molar-refractivity contribution is 5.79. The van der Waals surface area contributed by atoms with Crippen molar-refractivity contribution >= 4 is 5.96 Å². The number of nitrogens with one attached hydrogen (secondary N) is 1. The maximum Gasteiger partial charge on any atom is 0.193 e. The van der Waals surface area contributed by atoms with E-state index < -0.39 is 0 Å². The fourth-order valence-corrected chi connectivity index (χ4v) is 2.62. The average Bonchev–Trinajstić information content (AvgIpc) is 2.92. The van der Waals surface area contributed by atoms with Crippen LogP contribution in [0, 0.1) is 0 Å². The van der Waals surface area contributed by atoms with Crippen LogP contribution in [0.25, 0.3) is 0 Å². The molecule has 0 saturated carbocycles. The van der Waals surface area contributed by atoms with Crippen molar-refractivity contribution in [2.45, 2.75) is 45.2 Å². The molecule has 1 aliphatic heterocycles. The number of hydrogen-bond acceptors (Lipinski definition) is 3. The van der Waals surface area contributed by atoms with Gasteiger partial charge in [0.25, 0.3) is 0 Å². The van der Waals surface area contributed by atoms with E-state index in [1.165, 1.54) is 12.8 Å². The largest absolute Gasteiger partial charge is 0.349 e. The van der Waals surface area contributed by atoms with E-state index in [0.717, 1.165) is 50.0 Å². The van der Waals surface area contributed by atoms with Gasteiger partial charge in [-0.1, -0.05) is 6.08 Å². The van der Waals surface area contributed by atoms with E-state index in [0.29, 0.717) is 6.54 Å². The highest BCUT2D eigenvalue weighted by atomic mass is 15.3. The van der Waals surface area contributed by atoms with Gasteiger partial charge in [-0.15, -0.1) is 16.8 Å². The first kappa shape index (κ1) is 15.5. The van der Waals surface area contributed by atoms with Crippen molar-refractivity contribution in [3.05, 3.63) is 24.3 Å². The zero-order valence-corrected chi connectivity index (χ0v) is 13.2. The van der Waals surface area contributed by atoms with Crippen LogP contribution in [-0.4, -0.2) is 46.3 Å². The standard InChI is InChI=1S/C15H26N6/c1-4-5-7-10-20(3)15(16-2)17-12-14-19-18-13-9-6-8-11-21(13)14/h4H,1,5-12H2,2-3H3,(H,16,17). The van der Waals surface area contributed by atoms with Crippen molar-refractivity contribution < 1.29 is 0 Å². The topological polar surface area (TPSA) is 58.3 Å². The SMILES string of the molecule is C=CCCCN(C)C(=NC)NCc1nnc2n1CCCC2. The molecule has 0 aliphatic carbocycles. The minimum atomic E-state index is 0.672. The minimum absolute atomic E-state index is 0.672. The van der Waals surface area contributed by atoms with Crippen LogP contribution in [0.2, 0.25) is 0 Å². The van der Waals surface area contributed by atoms with Crippen molar-refractivity contribution in [2.24, 2.45) is 4.99 Å². The third kappa shape index (κ3) is 4.06. The smallest absolute Gasteiger partial charge is 0.193 e. The summed E-state index contributed by atoms with van der Waals surface area (Å²) in [5.74, 6) is 3.02. The van der Waals surface area contributed by atoms with Crippen LogP contribution in [0.3, 0.4) is 0 Å². The molecular weight excluding hydrogens is 264 g/mol. The highest BCUT2D eigenvalue weighted by Crippen LogP contribution is 2.13. The molecule has 6 nitrogen and oxygen atoms in total. The second kappa shape index (κ2) is 7.81. The molecule has 0 saturated heterocycles. The number of unbranched alkanes of at least 4 members (excludes halogenated alkanes) is 1. The molecule has 1 aliphatic rings. The van der Waals surface area contributed by atoms with Gasteiger partial charge in [-0.05, 0) is 25.7 Å². The summed E-state index contributed by atoms with van der Waals surface area (Å²) in [6.45, 7) is 6.42. The summed E-state index contributed by atoms with van der Waals surface area (Å²) in [7, 11) is 3.86. The monoisotopic (exact) mass is 290 g/mol. The Balaban J connectivity index is 1.88. The summed E-state index contributed by atoms with van der Waals surface area (Å²) >= 11 is 0. The van der Waals surface area contributed by atoms with E-state index >= 15 is 0 Å². The molecule has 2 rings (SSSR count). The van der Waals surface area contributed by atoms with Gasteiger partial charge in [-0.2, -0.15) is 0 Å². The second-order valence-corrected chi connectivity index (χ2v) is 5.39. The van der Waals surface area contributed by atoms with Gasteiger partial charge in [0, 0.05) is 33.6 Å². The number of fused-ring (bicyclic) bond motifs is 1. The van der Waals surface area contributed by atoms with Crippen LogP contribution in [0.5, 0.6) is 0 Å². The molecule has 0 bridgehead atoms. The van der Waals surface area contributed by atoms with E-state index in [-0.39, 0.29) is 0 Å². The van der Waals surface area contributed by atoms with Crippen molar-refractivity contribution in [3.63, 3.8) is 0 Å². The highest BCUT2D eigenvalue weighted by Gasteiger charge is 2.16. The minimum Gasteiger partial charge on any atom is -0.349 e. The van der Waals surface area contributed by atoms with Crippen LogP contribution in [-0.2, 0) is 19.5 Å². The summed E-state index contributed by atoms with van der Waals surface area (Å²) in [4.78, 5) is 6.46. The van der Waals surface area contributed by atoms with Crippen LogP contribution >= 0.6 is 0 Å². The summed E-state index contributed by atoms with van der Waals surface area (Å²) in [6.07, 6.45) is 7.54. The molecule has 1 N–H and O–H groups in total. The first-order valence-corrected chi connectivity index (χ1v) is 7.70. The number of hydrogen-bond donors (Lipinski definition) is 1. The van der Waals surface area contributed by atoms with Gasteiger partial charge in [-0.25, -0.2) is 0 Å². The Labute approximate surface area is 127 Å². The van der Waals surface area contributed by atoms with Gasteiger partial charge < -0.3 is 14.8 Å². The van der Waals surface area contributed by atoms with Crippen molar-refractivity contribution in [1.82, 2.24) is 25.0 Å². The molecule has 0 fully saturated rings. The molecule has 0 unspecified atom stereocenters. The molecular formula is C15H26N6. The van der Waals surface area contributed by atoms with E-state index in [1.54, 1.807) is 0 Å². The summed E-state index contributed by atoms with van der Waals surface area (Å²) in [6, 6.07) is 0. The molecule has 21 heavy (non-hydrogen) atoms. The van der Waals surface area contributed by atoms with Crippen molar-refractivity contribution in [1.29, 1.82) is 0 Å². The van der Waals surface area contributed by atoms with Gasteiger partial charge >= 0.3 is 0 Å². The molecule has 1 aromatic heterocycles. The molecule has 6 heteroatoms. The number of guanidine groups is 1. The van der Waals surface area contributed by atoms with Crippen LogP contribution in [0.1, 0.15) is 37.3 Å². The Morgan fingerprint density at radius 2 is 2.33 bits per heavy atom. The molecule has 0 spiro atoms. The fraction of sp³-hybridized carbons (Fsp3) is 0.667. The summed E-state index contributed by atoms with van der Waals surface area (Å²) < 4.78 is 2.24. The normalized spacial score (nSPS) is 14.7. The number of rotatable bonds is 6. The van der Waals surface area contributed by atoms with Crippen molar-refractivity contribution in [2.75, 3.05) is 20.6 Å². The lowest BCUT2D eigenvalue weighted by atomic mass is 10.2. The van der Waals surface area contributed by atoms with E-state index in [9.17, 15) is 0 Å². The summed E-state index contributed by atoms with van der Waals surface area (Å²) in [5, 5.41) is 12.0. The van der Waals surface area contributed by atoms with Crippen LogP contribution < -0.4 is 5.32 Å². The van der Waals surface area contributed by atoms with E-state index in [4.69, 9.17) is 0 Å². The van der Waals surface area contributed by atoms with Gasteiger partial charge in [0.2, 0.25) is 0 Å². The Bertz CT molecular complexity index is 490. The molecule has 0 radical (unpaired) electrons. The van der Waals surface area contributed by atoms with Gasteiger partial charge in [-0.3, -0.25) is 4.99 Å². The molecule has 116 valence electrons. The van der Waals surface area contributed by atoms with Gasteiger partial charge in [0.15, 0.2) is 11.8 Å². The van der Waals surface area contributed by atoms with Gasteiger partial charge in [0.1, 0.15) is 5.82 Å². The zero-order chi connectivity index (χ0) is 15.1. The maximum absolute atomic E-state index is 4.33. The number of allylic oxidation sites excluding steroid dienone is 1. The lowest BCUT2D eigenvalue weighted by Gasteiger charge is -2.22. The number of nitrogens with zero attached hydrogens (tertiary/aromatic N) is 5. The third-order valence-electron chi connectivity index (χ3n) is 3.82. The lowest BCUT2D eigenvalue weighted by Crippen LogP contribution is -2.39. The fourth-order valence-electron chi connectivity index (χ4n) is 2.62. The molecule has 0 aromatic carbocycles. The van der Waals surface area contributed by atoms with Crippen LogP contribution in [0.15, 0.2) is 17.6 Å². The quantitative estimate of drug-likeness (QED) is 0.374. The Kier molecular flexibility index (Phi) is 5.78. The molecule has 0 amide bonds. The number of aromatic nitrogens is 3. The first-order chi connectivity index (χ1) is 10.3. The van der Waals surface area contributed by atoms with Crippen molar-refractivity contribution in [3.8, 4) is 0 Å². The number of aryl methyl sites for hydroxylation is 1. The Morgan fingerprint density at radius 1 is 1.48 bits per heavy atom. The number of aliphatic imine (C=N–C) groups is 1. The molecule has 1 aromatic rings. The predicted molar refractivity (Wildman–Crippen MR) is 85.2 cm³/mol. The Morgan fingerprint density at radius 3 is 3.10 bits per heavy atom. The van der Waals surface area contributed by atoms with E-state index in [1.807, 2.05) is 13.1 Å². The predicted octanol–water partition coefficient (Wildman–Crippen LogP) is 1.59. The lowest BCUT2D eigenvalue weighted by molar-refractivity contribution is 0.463. The second-order valence-electron chi connectivity index (χ2n) is 5.39. The Hall–Kier alpha value is -1.85. The van der Waals surface area contributed by atoms with Crippen LogP contribution in [0.4, 0.5) is 0 Å². The summed E-state index contributed by atoms with van der Waals surface area (Å²) in [5.41, 5.74) is 0. The van der Waals surface area contributed by atoms with Gasteiger partial charge in [0.05, 0.1) is 6.54 Å².